The molecule has 0 radical (unpaired) electrons. The van der Waals surface area contributed by atoms with Gasteiger partial charge in [0.2, 0.25) is 5.89 Å². The highest BCUT2D eigenvalue weighted by Gasteiger charge is 2.38. The van der Waals surface area contributed by atoms with Crippen molar-refractivity contribution in [1.82, 2.24) is 15.5 Å². The topological polar surface area (TPSA) is 51.0 Å². The molecule has 1 aromatic heterocycles. The first-order valence-corrected chi connectivity index (χ1v) is 4.68. The van der Waals surface area contributed by atoms with E-state index in [0.717, 1.165) is 19.4 Å². The summed E-state index contributed by atoms with van der Waals surface area (Å²) in [6.07, 6.45) is -2.85. The van der Waals surface area contributed by atoms with Gasteiger partial charge in [-0.3, -0.25) is 0 Å². The molecule has 0 aromatic carbocycles. The molecule has 2 rings (SSSR count). The largest absolute Gasteiger partial charge is 0.470 e. The van der Waals surface area contributed by atoms with Crippen molar-refractivity contribution in [2.75, 3.05) is 13.1 Å². The van der Waals surface area contributed by atoms with E-state index in [4.69, 9.17) is 0 Å². The Bertz CT molecular complexity index is 336. The van der Waals surface area contributed by atoms with Crippen LogP contribution in [0.5, 0.6) is 0 Å². The minimum absolute atomic E-state index is 0. The molecule has 1 aliphatic rings. The lowest BCUT2D eigenvalue weighted by molar-refractivity contribution is -0.157. The first kappa shape index (κ1) is 13.2. The number of nitrogens with zero attached hydrogens (tertiary/aromatic N) is 2. The molecule has 0 aliphatic carbocycles. The maximum absolute atomic E-state index is 12.2. The molecule has 4 nitrogen and oxygen atoms in total. The summed E-state index contributed by atoms with van der Waals surface area (Å²) in [5, 5.41) is 9.50. The monoisotopic (exact) mass is 257 g/mol. The second-order valence-corrected chi connectivity index (χ2v) is 3.49. The minimum Gasteiger partial charge on any atom is -0.417 e. The molecule has 1 aromatic rings. The second-order valence-electron chi connectivity index (χ2n) is 3.49. The Balaban J connectivity index is 0.00000128. The standard InChI is InChI=1S/C8H10F3N3O.ClH/c9-8(10,11)7-14-13-6(15-7)5-2-1-3-12-4-5;/h5,12H,1-4H2;1H. The van der Waals surface area contributed by atoms with Crippen molar-refractivity contribution >= 4 is 12.4 Å². The van der Waals surface area contributed by atoms with Gasteiger partial charge >= 0.3 is 12.1 Å². The van der Waals surface area contributed by atoms with Gasteiger partial charge in [-0.1, -0.05) is 0 Å². The van der Waals surface area contributed by atoms with Crippen molar-refractivity contribution in [3.63, 3.8) is 0 Å². The number of aromatic nitrogens is 2. The predicted molar refractivity (Wildman–Crippen MR) is 51.4 cm³/mol. The zero-order valence-corrected chi connectivity index (χ0v) is 9.07. The summed E-state index contributed by atoms with van der Waals surface area (Å²) >= 11 is 0. The Morgan fingerprint density at radius 3 is 2.56 bits per heavy atom. The number of hydrogen-bond donors (Lipinski definition) is 1. The summed E-state index contributed by atoms with van der Waals surface area (Å²) in [6.45, 7) is 1.48. The molecule has 16 heavy (non-hydrogen) atoms. The SMILES string of the molecule is Cl.FC(F)(F)c1nnc(C2CCCNC2)o1. The van der Waals surface area contributed by atoms with Gasteiger partial charge in [0.05, 0.1) is 0 Å². The molecular weight excluding hydrogens is 247 g/mol. The third-order valence-electron chi connectivity index (χ3n) is 2.33. The quantitative estimate of drug-likeness (QED) is 0.836. The van der Waals surface area contributed by atoms with Crippen LogP contribution < -0.4 is 5.32 Å². The smallest absolute Gasteiger partial charge is 0.417 e. The molecule has 92 valence electrons. The summed E-state index contributed by atoms with van der Waals surface area (Å²) in [4.78, 5) is 0. The van der Waals surface area contributed by atoms with Gasteiger partial charge in [-0.25, -0.2) is 0 Å². The number of nitrogens with one attached hydrogen (secondary N) is 1. The van der Waals surface area contributed by atoms with Crippen LogP contribution in [0.25, 0.3) is 0 Å². The van der Waals surface area contributed by atoms with Crippen molar-refractivity contribution in [1.29, 1.82) is 0 Å². The highest BCUT2D eigenvalue weighted by molar-refractivity contribution is 5.85. The Hall–Kier alpha value is -0.820. The third-order valence-corrected chi connectivity index (χ3v) is 2.33. The fourth-order valence-corrected chi connectivity index (χ4v) is 1.58. The van der Waals surface area contributed by atoms with Crippen molar-refractivity contribution in [2.24, 2.45) is 0 Å². The highest BCUT2D eigenvalue weighted by atomic mass is 35.5. The molecule has 1 N–H and O–H groups in total. The van der Waals surface area contributed by atoms with Gasteiger partial charge < -0.3 is 9.73 Å². The van der Waals surface area contributed by atoms with Gasteiger partial charge in [0.25, 0.3) is 0 Å². The number of hydrogen-bond acceptors (Lipinski definition) is 4. The molecule has 0 bridgehead atoms. The average Bonchev–Trinajstić information content (AvgIpc) is 2.67. The lowest BCUT2D eigenvalue weighted by Crippen LogP contribution is -2.28. The first-order chi connectivity index (χ1) is 7.07. The Morgan fingerprint density at radius 1 is 1.31 bits per heavy atom. The molecule has 0 saturated carbocycles. The van der Waals surface area contributed by atoms with E-state index >= 15 is 0 Å². The zero-order valence-electron chi connectivity index (χ0n) is 8.25. The van der Waals surface area contributed by atoms with Gasteiger partial charge in [0.15, 0.2) is 0 Å². The van der Waals surface area contributed by atoms with E-state index in [1.54, 1.807) is 0 Å². The number of rotatable bonds is 1. The van der Waals surface area contributed by atoms with Gasteiger partial charge in [-0.2, -0.15) is 13.2 Å². The average molecular weight is 258 g/mol. The van der Waals surface area contributed by atoms with Crippen LogP contribution in [0.15, 0.2) is 4.42 Å². The number of halogens is 4. The van der Waals surface area contributed by atoms with Crippen molar-refractivity contribution in [3.8, 4) is 0 Å². The van der Waals surface area contributed by atoms with E-state index in [1.807, 2.05) is 0 Å². The van der Waals surface area contributed by atoms with E-state index in [-0.39, 0.29) is 24.2 Å². The maximum Gasteiger partial charge on any atom is 0.470 e. The molecule has 2 heterocycles. The Labute approximate surface area is 96.0 Å². The fraction of sp³-hybridized carbons (Fsp3) is 0.750. The lowest BCUT2D eigenvalue weighted by Gasteiger charge is -2.18. The number of piperidine rings is 1. The molecule has 1 unspecified atom stereocenters. The van der Waals surface area contributed by atoms with Crippen LogP contribution in [0, 0.1) is 0 Å². The molecule has 1 aliphatic heterocycles. The molecule has 8 heteroatoms. The van der Waals surface area contributed by atoms with E-state index in [2.05, 4.69) is 19.9 Å². The van der Waals surface area contributed by atoms with Crippen LogP contribution >= 0.6 is 12.4 Å². The first-order valence-electron chi connectivity index (χ1n) is 4.68. The van der Waals surface area contributed by atoms with Crippen LogP contribution in [0.3, 0.4) is 0 Å². The van der Waals surface area contributed by atoms with Crippen molar-refractivity contribution in [3.05, 3.63) is 11.8 Å². The van der Waals surface area contributed by atoms with Crippen LogP contribution in [0.2, 0.25) is 0 Å². The summed E-state index contributed by atoms with van der Waals surface area (Å²) < 4.78 is 41.1. The molecular formula is C8H11ClF3N3O. The van der Waals surface area contributed by atoms with Crippen LogP contribution in [0.1, 0.15) is 30.5 Å². The van der Waals surface area contributed by atoms with Crippen LogP contribution in [-0.4, -0.2) is 23.3 Å². The van der Waals surface area contributed by atoms with Crippen molar-refractivity contribution in [2.45, 2.75) is 24.9 Å². The van der Waals surface area contributed by atoms with Gasteiger partial charge in [0, 0.05) is 12.5 Å². The Kier molecular flexibility index (Phi) is 4.15. The molecule has 1 atom stereocenters. The summed E-state index contributed by atoms with van der Waals surface area (Å²) in [6, 6.07) is 0. The van der Waals surface area contributed by atoms with Crippen LogP contribution in [0.4, 0.5) is 13.2 Å². The van der Waals surface area contributed by atoms with E-state index in [0.29, 0.717) is 6.54 Å². The third kappa shape index (κ3) is 2.85. The maximum atomic E-state index is 12.2. The van der Waals surface area contributed by atoms with Crippen LogP contribution in [-0.2, 0) is 6.18 Å². The van der Waals surface area contributed by atoms with Gasteiger partial charge in [-0.05, 0) is 19.4 Å². The fourth-order valence-electron chi connectivity index (χ4n) is 1.58. The van der Waals surface area contributed by atoms with Crippen molar-refractivity contribution < 1.29 is 17.6 Å². The molecule has 0 spiro atoms. The summed E-state index contributed by atoms with van der Waals surface area (Å²) in [5.41, 5.74) is 0. The highest BCUT2D eigenvalue weighted by Crippen LogP contribution is 2.30. The van der Waals surface area contributed by atoms with E-state index in [1.165, 1.54) is 0 Å². The van der Waals surface area contributed by atoms with Gasteiger partial charge in [0.1, 0.15) is 0 Å². The lowest BCUT2D eigenvalue weighted by atomic mass is 10.00. The zero-order chi connectivity index (χ0) is 10.9. The van der Waals surface area contributed by atoms with E-state index < -0.39 is 12.1 Å². The summed E-state index contributed by atoms with van der Waals surface area (Å²) in [5.74, 6) is -1.28. The predicted octanol–water partition coefficient (Wildman–Crippen LogP) is 1.98. The number of alkyl halides is 3. The van der Waals surface area contributed by atoms with E-state index in [9.17, 15) is 13.2 Å². The summed E-state index contributed by atoms with van der Waals surface area (Å²) in [7, 11) is 0. The second kappa shape index (κ2) is 5.01. The minimum atomic E-state index is -4.55. The molecule has 1 saturated heterocycles. The molecule has 0 amide bonds. The Morgan fingerprint density at radius 2 is 2.06 bits per heavy atom. The van der Waals surface area contributed by atoms with Gasteiger partial charge in [-0.15, -0.1) is 22.6 Å². The normalized spacial score (nSPS) is 21.6. The molecule has 1 fully saturated rings.